The summed E-state index contributed by atoms with van der Waals surface area (Å²) < 4.78 is 5.25. The third-order valence-electron chi connectivity index (χ3n) is 7.74. The van der Waals surface area contributed by atoms with Crippen molar-refractivity contribution in [3.8, 4) is 39.4 Å². The summed E-state index contributed by atoms with van der Waals surface area (Å²) in [7, 11) is 0. The van der Waals surface area contributed by atoms with E-state index in [4.69, 9.17) is 0 Å². The molecule has 40 heavy (non-hydrogen) atoms. The van der Waals surface area contributed by atoms with Crippen LogP contribution in [-0.2, 0) is 0 Å². The van der Waals surface area contributed by atoms with Crippen molar-refractivity contribution in [2.75, 3.05) is 0 Å². The standard InChI is InChI=1S/C37H21NS2/c38-22-23-9-11-24(12-10-23)31-19-25(26-14-17-36-32(20-26)29-5-1-3-7-34(29)39-36)13-16-28(31)27-15-18-37-33(21-27)30-6-2-4-8-35(30)40-37/h1-21H. The van der Waals surface area contributed by atoms with Crippen molar-refractivity contribution in [2.45, 2.75) is 0 Å². The zero-order valence-electron chi connectivity index (χ0n) is 21.4. The highest BCUT2D eigenvalue weighted by Crippen LogP contribution is 2.41. The lowest BCUT2D eigenvalue weighted by atomic mass is 9.90. The Labute approximate surface area is 239 Å². The van der Waals surface area contributed by atoms with Gasteiger partial charge in [-0.15, -0.1) is 22.7 Å². The Balaban J connectivity index is 1.33. The summed E-state index contributed by atoms with van der Waals surface area (Å²) in [5, 5.41) is 14.6. The topological polar surface area (TPSA) is 23.8 Å². The first-order valence-electron chi connectivity index (χ1n) is 13.2. The second-order valence-corrected chi connectivity index (χ2v) is 12.2. The minimum absolute atomic E-state index is 0.669. The zero-order chi connectivity index (χ0) is 26.6. The second-order valence-electron chi connectivity index (χ2n) is 10.1. The molecule has 3 heteroatoms. The van der Waals surface area contributed by atoms with Crippen LogP contribution in [-0.4, -0.2) is 0 Å². The van der Waals surface area contributed by atoms with Crippen molar-refractivity contribution in [2.24, 2.45) is 0 Å². The van der Waals surface area contributed by atoms with E-state index in [0.29, 0.717) is 5.56 Å². The van der Waals surface area contributed by atoms with E-state index in [1.54, 1.807) is 0 Å². The summed E-state index contributed by atoms with van der Waals surface area (Å²) in [4.78, 5) is 0. The smallest absolute Gasteiger partial charge is 0.0991 e. The lowest BCUT2D eigenvalue weighted by Crippen LogP contribution is -1.88. The van der Waals surface area contributed by atoms with Crippen LogP contribution in [0.3, 0.4) is 0 Å². The van der Waals surface area contributed by atoms with Gasteiger partial charge in [0.05, 0.1) is 11.6 Å². The van der Waals surface area contributed by atoms with E-state index >= 15 is 0 Å². The summed E-state index contributed by atoms with van der Waals surface area (Å²) in [6, 6.07) is 47.9. The Morgan fingerprint density at radius 1 is 0.400 bits per heavy atom. The van der Waals surface area contributed by atoms with Gasteiger partial charge in [-0.25, -0.2) is 0 Å². The summed E-state index contributed by atoms with van der Waals surface area (Å²) in [6.07, 6.45) is 0. The maximum atomic E-state index is 9.39. The lowest BCUT2D eigenvalue weighted by molar-refractivity contribution is 1.48. The molecule has 0 unspecified atom stereocenters. The molecule has 2 heterocycles. The number of rotatable bonds is 3. The fourth-order valence-corrected chi connectivity index (χ4v) is 7.91. The van der Waals surface area contributed by atoms with E-state index in [1.165, 1.54) is 62.6 Å². The molecule has 0 atom stereocenters. The Kier molecular flexibility index (Phi) is 5.31. The third kappa shape index (κ3) is 3.73. The van der Waals surface area contributed by atoms with Gasteiger partial charge in [-0.2, -0.15) is 5.26 Å². The van der Waals surface area contributed by atoms with Crippen LogP contribution in [0.4, 0.5) is 0 Å². The van der Waals surface area contributed by atoms with Crippen LogP contribution in [0.1, 0.15) is 5.56 Å². The Bertz CT molecular complexity index is 2280. The van der Waals surface area contributed by atoms with Crippen LogP contribution in [0, 0.1) is 11.3 Å². The quantitative estimate of drug-likeness (QED) is 0.217. The fourth-order valence-electron chi connectivity index (χ4n) is 5.74. The second kappa shape index (κ2) is 9.17. The van der Waals surface area contributed by atoms with Crippen LogP contribution < -0.4 is 0 Å². The molecule has 0 amide bonds. The first-order chi connectivity index (χ1) is 19.7. The van der Waals surface area contributed by atoms with Crippen molar-refractivity contribution in [3.05, 3.63) is 133 Å². The van der Waals surface area contributed by atoms with Gasteiger partial charge in [-0.3, -0.25) is 0 Å². The molecule has 0 fully saturated rings. The number of hydrogen-bond acceptors (Lipinski definition) is 3. The molecule has 0 aliphatic carbocycles. The molecule has 0 aliphatic rings. The van der Waals surface area contributed by atoms with Crippen molar-refractivity contribution < 1.29 is 0 Å². The molecule has 0 saturated heterocycles. The molecule has 0 N–H and O–H groups in total. The fraction of sp³-hybridized carbons (Fsp3) is 0. The number of thiophene rings is 2. The molecular formula is C37H21NS2. The van der Waals surface area contributed by atoms with Crippen LogP contribution >= 0.6 is 22.7 Å². The maximum absolute atomic E-state index is 9.39. The van der Waals surface area contributed by atoms with Gasteiger partial charge in [0.25, 0.3) is 0 Å². The van der Waals surface area contributed by atoms with Crippen molar-refractivity contribution in [1.29, 1.82) is 5.26 Å². The first kappa shape index (κ1) is 23.2. The van der Waals surface area contributed by atoms with Crippen molar-refractivity contribution in [3.63, 3.8) is 0 Å². The summed E-state index contributed by atoms with van der Waals surface area (Å²) >= 11 is 3.69. The SMILES string of the molecule is N#Cc1ccc(-c2cc(-c3ccc4sc5ccccc5c4c3)ccc2-c2ccc3sc4ccccc4c3c2)cc1. The highest BCUT2D eigenvalue weighted by atomic mass is 32.1. The molecule has 0 bridgehead atoms. The maximum Gasteiger partial charge on any atom is 0.0991 e. The molecule has 0 saturated carbocycles. The first-order valence-corrected chi connectivity index (χ1v) is 14.9. The Morgan fingerprint density at radius 2 is 0.900 bits per heavy atom. The van der Waals surface area contributed by atoms with E-state index in [9.17, 15) is 5.26 Å². The number of nitrogens with zero attached hydrogens (tertiary/aromatic N) is 1. The van der Waals surface area contributed by atoms with E-state index < -0.39 is 0 Å². The molecule has 2 aromatic heterocycles. The summed E-state index contributed by atoms with van der Waals surface area (Å²) in [6.45, 7) is 0. The average Bonchev–Trinajstić information content (AvgIpc) is 3.58. The van der Waals surface area contributed by atoms with Crippen LogP contribution in [0.25, 0.3) is 73.7 Å². The van der Waals surface area contributed by atoms with Gasteiger partial charge in [0.2, 0.25) is 0 Å². The largest absolute Gasteiger partial charge is 0.192 e. The molecule has 0 spiro atoms. The Hall–Kier alpha value is -4.75. The third-order valence-corrected chi connectivity index (χ3v) is 10.0. The van der Waals surface area contributed by atoms with E-state index in [0.717, 1.165) is 11.1 Å². The van der Waals surface area contributed by atoms with Crippen LogP contribution in [0.2, 0.25) is 0 Å². The van der Waals surface area contributed by atoms with Crippen molar-refractivity contribution in [1.82, 2.24) is 0 Å². The monoisotopic (exact) mass is 543 g/mol. The molecule has 186 valence electrons. The van der Waals surface area contributed by atoms with E-state index in [2.05, 4.69) is 121 Å². The van der Waals surface area contributed by atoms with Gasteiger partial charge in [0.1, 0.15) is 0 Å². The molecular weight excluding hydrogens is 523 g/mol. The number of nitriles is 1. The van der Waals surface area contributed by atoms with Gasteiger partial charge < -0.3 is 0 Å². The van der Waals surface area contributed by atoms with E-state index in [-0.39, 0.29) is 0 Å². The van der Waals surface area contributed by atoms with Crippen molar-refractivity contribution >= 4 is 63.0 Å². The van der Waals surface area contributed by atoms with Gasteiger partial charge in [-0.05, 0) is 88.0 Å². The highest BCUT2D eigenvalue weighted by Gasteiger charge is 2.14. The molecule has 1 nitrogen and oxygen atoms in total. The predicted molar refractivity (Wildman–Crippen MR) is 173 cm³/mol. The minimum atomic E-state index is 0.669. The number of fused-ring (bicyclic) bond motifs is 6. The molecule has 0 radical (unpaired) electrons. The molecule has 6 aromatic carbocycles. The highest BCUT2D eigenvalue weighted by molar-refractivity contribution is 7.26. The van der Waals surface area contributed by atoms with Crippen LogP contribution in [0.15, 0.2) is 127 Å². The van der Waals surface area contributed by atoms with Gasteiger partial charge in [0.15, 0.2) is 0 Å². The summed E-state index contributed by atoms with van der Waals surface area (Å²) in [5.41, 5.74) is 7.71. The van der Waals surface area contributed by atoms with Gasteiger partial charge in [-0.1, -0.05) is 72.8 Å². The van der Waals surface area contributed by atoms with E-state index in [1.807, 2.05) is 34.8 Å². The zero-order valence-corrected chi connectivity index (χ0v) is 23.0. The average molecular weight is 544 g/mol. The normalized spacial score (nSPS) is 11.5. The predicted octanol–water partition coefficient (Wildman–Crippen LogP) is 11.3. The summed E-state index contributed by atoms with van der Waals surface area (Å²) in [5.74, 6) is 0. The molecule has 8 rings (SSSR count). The minimum Gasteiger partial charge on any atom is -0.192 e. The number of hydrogen-bond donors (Lipinski definition) is 0. The molecule has 0 aliphatic heterocycles. The Morgan fingerprint density at radius 3 is 1.55 bits per heavy atom. The van der Waals surface area contributed by atoms with Gasteiger partial charge in [0, 0.05) is 40.3 Å². The van der Waals surface area contributed by atoms with Crippen LogP contribution in [0.5, 0.6) is 0 Å². The van der Waals surface area contributed by atoms with Gasteiger partial charge >= 0.3 is 0 Å². The molecule has 8 aromatic rings. The lowest BCUT2D eigenvalue weighted by Gasteiger charge is -2.14. The number of benzene rings is 6.